The molecule has 3 N–H and O–H groups in total. The zero-order valence-corrected chi connectivity index (χ0v) is 10.9. The summed E-state index contributed by atoms with van der Waals surface area (Å²) in [4.78, 5) is 12.0. The molecule has 0 aliphatic heterocycles. The largest absolute Gasteiger partial charge is 0.354 e. The monoisotopic (exact) mass is 226 g/mol. The number of carbonyl (C=O) groups excluding carboxylic acids is 1. The summed E-state index contributed by atoms with van der Waals surface area (Å²) in [6.45, 7) is 7.20. The third-order valence-electron chi connectivity index (χ3n) is 3.88. The van der Waals surface area contributed by atoms with E-state index in [0.29, 0.717) is 0 Å². The van der Waals surface area contributed by atoms with Crippen LogP contribution in [0.15, 0.2) is 0 Å². The Labute approximate surface area is 99.2 Å². The number of hydrogen-bond donors (Lipinski definition) is 2. The highest BCUT2D eigenvalue weighted by molar-refractivity contribution is 5.86. The van der Waals surface area contributed by atoms with Gasteiger partial charge in [-0.15, -0.1) is 0 Å². The zero-order valence-electron chi connectivity index (χ0n) is 10.9. The van der Waals surface area contributed by atoms with E-state index in [4.69, 9.17) is 5.73 Å². The van der Waals surface area contributed by atoms with Gasteiger partial charge in [0.1, 0.15) is 0 Å². The summed E-state index contributed by atoms with van der Waals surface area (Å²) < 4.78 is 0. The Kier molecular flexibility index (Phi) is 4.36. The third kappa shape index (κ3) is 3.48. The second-order valence-corrected chi connectivity index (χ2v) is 5.92. The van der Waals surface area contributed by atoms with Crippen LogP contribution in [-0.4, -0.2) is 18.0 Å². The fourth-order valence-electron chi connectivity index (χ4n) is 2.03. The van der Waals surface area contributed by atoms with Crippen molar-refractivity contribution >= 4 is 5.91 Å². The Balaban J connectivity index is 2.45. The molecule has 0 heterocycles. The summed E-state index contributed by atoms with van der Waals surface area (Å²) in [5.74, 6) is 0.0497. The highest BCUT2D eigenvalue weighted by atomic mass is 16.2. The molecule has 0 atom stereocenters. The van der Waals surface area contributed by atoms with Gasteiger partial charge in [0.2, 0.25) is 5.91 Å². The van der Waals surface area contributed by atoms with Crippen LogP contribution in [0.3, 0.4) is 0 Å². The molecule has 1 amide bonds. The molecule has 1 rings (SSSR count). The van der Waals surface area contributed by atoms with Crippen LogP contribution in [-0.2, 0) is 4.79 Å². The minimum Gasteiger partial charge on any atom is -0.354 e. The van der Waals surface area contributed by atoms with Crippen LogP contribution in [0.1, 0.15) is 59.3 Å². The molecular weight excluding hydrogens is 200 g/mol. The van der Waals surface area contributed by atoms with Gasteiger partial charge in [-0.1, -0.05) is 40.0 Å². The van der Waals surface area contributed by atoms with E-state index < -0.39 is 5.54 Å². The molecule has 16 heavy (non-hydrogen) atoms. The van der Waals surface area contributed by atoms with Crippen LogP contribution in [0, 0.1) is 5.41 Å². The maximum absolute atomic E-state index is 12.0. The molecule has 0 aromatic rings. The van der Waals surface area contributed by atoms with Gasteiger partial charge in [0.25, 0.3) is 0 Å². The lowest BCUT2D eigenvalue weighted by Gasteiger charge is -2.33. The summed E-state index contributed by atoms with van der Waals surface area (Å²) in [6.07, 6.45) is 6.12. The van der Waals surface area contributed by atoms with Crippen molar-refractivity contribution in [2.75, 3.05) is 6.54 Å². The van der Waals surface area contributed by atoms with Crippen molar-refractivity contribution in [1.82, 2.24) is 5.32 Å². The van der Waals surface area contributed by atoms with Crippen molar-refractivity contribution in [3.63, 3.8) is 0 Å². The molecule has 1 fully saturated rings. The van der Waals surface area contributed by atoms with E-state index in [1.165, 1.54) is 6.42 Å². The van der Waals surface area contributed by atoms with Crippen molar-refractivity contribution in [3.05, 3.63) is 0 Å². The normalized spacial score (nSPS) is 20.5. The van der Waals surface area contributed by atoms with Crippen LogP contribution in [0.2, 0.25) is 0 Å². The molecule has 94 valence electrons. The summed E-state index contributed by atoms with van der Waals surface area (Å²) in [7, 11) is 0. The zero-order chi connectivity index (χ0) is 12.2. The van der Waals surface area contributed by atoms with Crippen LogP contribution >= 0.6 is 0 Å². The first kappa shape index (κ1) is 13.5. The highest BCUT2D eigenvalue weighted by Gasteiger charge is 2.35. The average Bonchev–Trinajstić information content (AvgIpc) is 2.27. The molecule has 1 aliphatic rings. The lowest BCUT2D eigenvalue weighted by atomic mass is 9.81. The molecule has 1 saturated carbocycles. The van der Waals surface area contributed by atoms with E-state index in [-0.39, 0.29) is 11.3 Å². The second-order valence-electron chi connectivity index (χ2n) is 5.92. The molecule has 0 saturated heterocycles. The van der Waals surface area contributed by atoms with Gasteiger partial charge >= 0.3 is 0 Å². The second kappa shape index (κ2) is 5.17. The van der Waals surface area contributed by atoms with E-state index in [1.807, 2.05) is 0 Å². The molecule has 0 aromatic carbocycles. The van der Waals surface area contributed by atoms with Crippen molar-refractivity contribution in [2.24, 2.45) is 11.1 Å². The number of nitrogens with two attached hydrogens (primary N) is 1. The predicted molar refractivity (Wildman–Crippen MR) is 67.1 cm³/mol. The summed E-state index contributed by atoms with van der Waals surface area (Å²) >= 11 is 0. The first-order valence-corrected chi connectivity index (χ1v) is 6.47. The van der Waals surface area contributed by atoms with Crippen LogP contribution in [0.25, 0.3) is 0 Å². The topological polar surface area (TPSA) is 55.1 Å². The van der Waals surface area contributed by atoms with Gasteiger partial charge in [-0.25, -0.2) is 0 Å². The average molecular weight is 226 g/mol. The Morgan fingerprint density at radius 2 is 1.88 bits per heavy atom. The standard InChI is InChI=1S/C13H26N2O/c1-4-12(2,3)10-15-11(16)13(14)8-6-5-7-9-13/h4-10,14H2,1-3H3,(H,15,16). The SMILES string of the molecule is CCC(C)(C)CNC(=O)C1(N)CCCCC1. The molecular formula is C13H26N2O. The number of carbonyl (C=O) groups is 1. The first-order valence-electron chi connectivity index (χ1n) is 6.47. The molecule has 0 radical (unpaired) electrons. The molecule has 3 nitrogen and oxygen atoms in total. The van der Waals surface area contributed by atoms with E-state index in [9.17, 15) is 4.79 Å². The minimum absolute atomic E-state index is 0.0497. The van der Waals surface area contributed by atoms with Gasteiger partial charge in [0.15, 0.2) is 0 Å². The van der Waals surface area contributed by atoms with Crippen molar-refractivity contribution in [1.29, 1.82) is 0 Å². The van der Waals surface area contributed by atoms with E-state index in [0.717, 1.165) is 38.6 Å². The Morgan fingerprint density at radius 1 is 1.31 bits per heavy atom. The van der Waals surface area contributed by atoms with Crippen LogP contribution < -0.4 is 11.1 Å². The Morgan fingerprint density at radius 3 is 2.38 bits per heavy atom. The third-order valence-corrected chi connectivity index (χ3v) is 3.88. The highest BCUT2D eigenvalue weighted by Crippen LogP contribution is 2.26. The van der Waals surface area contributed by atoms with Crippen molar-refractivity contribution < 1.29 is 4.79 Å². The fourth-order valence-corrected chi connectivity index (χ4v) is 2.03. The van der Waals surface area contributed by atoms with Crippen LogP contribution in [0.5, 0.6) is 0 Å². The van der Waals surface area contributed by atoms with Crippen molar-refractivity contribution in [2.45, 2.75) is 64.8 Å². The molecule has 0 bridgehead atoms. The maximum Gasteiger partial charge on any atom is 0.240 e. The van der Waals surface area contributed by atoms with Gasteiger partial charge in [0.05, 0.1) is 5.54 Å². The molecule has 1 aliphatic carbocycles. The van der Waals surface area contributed by atoms with Crippen molar-refractivity contribution in [3.8, 4) is 0 Å². The Hall–Kier alpha value is -0.570. The number of rotatable bonds is 4. The predicted octanol–water partition coefficient (Wildman–Crippen LogP) is 2.20. The smallest absolute Gasteiger partial charge is 0.240 e. The number of nitrogens with one attached hydrogen (secondary N) is 1. The minimum atomic E-state index is -0.595. The van der Waals surface area contributed by atoms with Gasteiger partial charge in [-0.3, -0.25) is 4.79 Å². The fraction of sp³-hybridized carbons (Fsp3) is 0.923. The van der Waals surface area contributed by atoms with E-state index >= 15 is 0 Å². The van der Waals surface area contributed by atoms with Gasteiger partial charge in [-0.2, -0.15) is 0 Å². The Bertz CT molecular complexity index is 242. The lowest BCUT2D eigenvalue weighted by Crippen LogP contribution is -2.56. The van der Waals surface area contributed by atoms with Gasteiger partial charge in [0, 0.05) is 6.54 Å². The molecule has 0 spiro atoms. The van der Waals surface area contributed by atoms with Gasteiger partial charge in [-0.05, 0) is 24.7 Å². The van der Waals surface area contributed by atoms with Crippen LogP contribution in [0.4, 0.5) is 0 Å². The molecule has 0 unspecified atom stereocenters. The summed E-state index contributed by atoms with van der Waals surface area (Å²) in [5.41, 5.74) is 5.73. The van der Waals surface area contributed by atoms with E-state index in [1.54, 1.807) is 0 Å². The van der Waals surface area contributed by atoms with E-state index in [2.05, 4.69) is 26.1 Å². The quantitative estimate of drug-likeness (QED) is 0.772. The maximum atomic E-state index is 12.0. The summed E-state index contributed by atoms with van der Waals surface area (Å²) in [5, 5.41) is 3.02. The molecule has 0 aromatic heterocycles. The molecule has 3 heteroatoms. The number of amides is 1. The number of hydrogen-bond acceptors (Lipinski definition) is 2. The summed E-state index contributed by atoms with van der Waals surface area (Å²) in [6, 6.07) is 0. The van der Waals surface area contributed by atoms with Gasteiger partial charge < -0.3 is 11.1 Å². The lowest BCUT2D eigenvalue weighted by molar-refractivity contribution is -0.128. The first-order chi connectivity index (χ1) is 7.40.